The summed E-state index contributed by atoms with van der Waals surface area (Å²) in [5.74, 6) is 0.938. The lowest BCUT2D eigenvalue weighted by atomic mass is 10.0. The average Bonchev–Trinajstić information content (AvgIpc) is 2.63. The molecule has 0 bridgehead atoms. The smallest absolute Gasteiger partial charge is 0.119 e. The SMILES string of the molecule is CC[C@@H](c1ccc(OCc2ccccc2)cc1)N1CCNCC1.Cl.Cl. The first kappa shape index (κ1) is 21.8. The van der Waals surface area contributed by atoms with Gasteiger partial charge in [0.2, 0.25) is 0 Å². The molecule has 0 amide bonds. The van der Waals surface area contributed by atoms with Crippen molar-refractivity contribution in [3.63, 3.8) is 0 Å². The van der Waals surface area contributed by atoms with Crippen LogP contribution in [0.1, 0.15) is 30.5 Å². The maximum Gasteiger partial charge on any atom is 0.119 e. The first-order chi connectivity index (χ1) is 11.4. The van der Waals surface area contributed by atoms with E-state index in [0.29, 0.717) is 12.6 Å². The Morgan fingerprint density at radius 3 is 2.20 bits per heavy atom. The van der Waals surface area contributed by atoms with Crippen LogP contribution < -0.4 is 10.1 Å². The predicted molar refractivity (Wildman–Crippen MR) is 109 cm³/mol. The van der Waals surface area contributed by atoms with Crippen LogP contribution in [0.15, 0.2) is 54.6 Å². The van der Waals surface area contributed by atoms with E-state index in [0.717, 1.165) is 38.3 Å². The second kappa shape index (κ2) is 11.4. The van der Waals surface area contributed by atoms with E-state index in [2.05, 4.69) is 53.5 Å². The van der Waals surface area contributed by atoms with Crippen LogP contribution >= 0.6 is 24.8 Å². The van der Waals surface area contributed by atoms with Crippen LogP contribution in [0.5, 0.6) is 5.75 Å². The van der Waals surface area contributed by atoms with Crippen LogP contribution in [0.4, 0.5) is 0 Å². The third kappa shape index (κ3) is 6.19. The maximum absolute atomic E-state index is 5.88. The molecule has 0 saturated carbocycles. The van der Waals surface area contributed by atoms with Crippen molar-refractivity contribution in [2.24, 2.45) is 0 Å². The second-order valence-electron chi connectivity index (χ2n) is 6.05. The van der Waals surface area contributed by atoms with E-state index >= 15 is 0 Å². The number of nitrogens with one attached hydrogen (secondary N) is 1. The lowest BCUT2D eigenvalue weighted by molar-refractivity contribution is 0.169. The topological polar surface area (TPSA) is 24.5 Å². The molecule has 1 aliphatic rings. The van der Waals surface area contributed by atoms with Gasteiger partial charge in [-0.3, -0.25) is 4.90 Å². The Balaban J connectivity index is 0.00000156. The molecule has 138 valence electrons. The van der Waals surface area contributed by atoms with Gasteiger partial charge in [-0.1, -0.05) is 49.4 Å². The van der Waals surface area contributed by atoms with Gasteiger partial charge in [-0.15, -0.1) is 24.8 Å². The van der Waals surface area contributed by atoms with E-state index in [-0.39, 0.29) is 24.8 Å². The number of piperazine rings is 1. The first-order valence-corrected chi connectivity index (χ1v) is 8.58. The van der Waals surface area contributed by atoms with E-state index in [9.17, 15) is 0 Å². The first-order valence-electron chi connectivity index (χ1n) is 8.58. The molecule has 1 fully saturated rings. The van der Waals surface area contributed by atoms with Gasteiger partial charge in [0, 0.05) is 32.2 Å². The lowest BCUT2D eigenvalue weighted by Gasteiger charge is -2.34. The molecule has 2 aromatic carbocycles. The monoisotopic (exact) mass is 382 g/mol. The highest BCUT2D eigenvalue weighted by Crippen LogP contribution is 2.26. The van der Waals surface area contributed by atoms with Crippen LogP contribution in [0.2, 0.25) is 0 Å². The van der Waals surface area contributed by atoms with Crippen molar-refractivity contribution in [3.8, 4) is 5.75 Å². The normalized spacial score (nSPS) is 15.6. The van der Waals surface area contributed by atoms with Gasteiger partial charge < -0.3 is 10.1 Å². The molecule has 25 heavy (non-hydrogen) atoms. The Labute approximate surface area is 163 Å². The number of benzene rings is 2. The summed E-state index contributed by atoms with van der Waals surface area (Å²) >= 11 is 0. The molecule has 1 aliphatic heterocycles. The fraction of sp³-hybridized carbons (Fsp3) is 0.400. The number of rotatable bonds is 6. The molecule has 0 aliphatic carbocycles. The Morgan fingerprint density at radius 1 is 0.960 bits per heavy atom. The maximum atomic E-state index is 5.88. The van der Waals surface area contributed by atoms with Gasteiger partial charge in [0.25, 0.3) is 0 Å². The van der Waals surface area contributed by atoms with E-state index in [4.69, 9.17) is 4.74 Å². The number of ether oxygens (including phenoxy) is 1. The van der Waals surface area contributed by atoms with Gasteiger partial charge in [0.1, 0.15) is 12.4 Å². The van der Waals surface area contributed by atoms with Crippen molar-refractivity contribution in [2.45, 2.75) is 26.0 Å². The Kier molecular flexibility index (Phi) is 9.91. The second-order valence-corrected chi connectivity index (χ2v) is 6.05. The number of hydrogen-bond acceptors (Lipinski definition) is 3. The third-order valence-electron chi connectivity index (χ3n) is 4.49. The fourth-order valence-corrected chi connectivity index (χ4v) is 3.23. The Hall–Kier alpha value is -1.26. The highest BCUT2D eigenvalue weighted by molar-refractivity contribution is 5.85. The zero-order chi connectivity index (χ0) is 15.9. The van der Waals surface area contributed by atoms with Crippen LogP contribution in [0.25, 0.3) is 0 Å². The van der Waals surface area contributed by atoms with Crippen LogP contribution in [0, 0.1) is 0 Å². The fourth-order valence-electron chi connectivity index (χ4n) is 3.23. The molecule has 1 saturated heterocycles. The molecule has 1 atom stereocenters. The summed E-state index contributed by atoms with van der Waals surface area (Å²) in [5.41, 5.74) is 2.59. The summed E-state index contributed by atoms with van der Waals surface area (Å²) in [6.07, 6.45) is 1.14. The molecule has 0 spiro atoms. The molecule has 2 aromatic rings. The van der Waals surface area contributed by atoms with Gasteiger partial charge in [-0.25, -0.2) is 0 Å². The largest absolute Gasteiger partial charge is 0.489 e. The molecule has 0 radical (unpaired) electrons. The van der Waals surface area contributed by atoms with Crippen molar-refractivity contribution in [1.82, 2.24) is 10.2 Å². The molecule has 0 unspecified atom stereocenters. The van der Waals surface area contributed by atoms with E-state index in [1.165, 1.54) is 11.1 Å². The quantitative estimate of drug-likeness (QED) is 0.797. The zero-order valence-corrected chi connectivity index (χ0v) is 16.3. The van der Waals surface area contributed by atoms with E-state index in [1.54, 1.807) is 0 Å². The van der Waals surface area contributed by atoms with Crippen LogP contribution in [-0.4, -0.2) is 31.1 Å². The van der Waals surface area contributed by atoms with Crippen molar-refractivity contribution >= 4 is 24.8 Å². The predicted octanol–water partition coefficient (Wildman–Crippen LogP) is 4.47. The number of nitrogens with zero attached hydrogens (tertiary/aromatic N) is 1. The standard InChI is InChI=1S/C20H26N2O.2ClH/c1-2-20(22-14-12-21-13-15-22)18-8-10-19(11-9-18)23-16-17-6-4-3-5-7-17;;/h3-11,20-21H,2,12-16H2,1H3;2*1H/t20-;;/m0../s1. The lowest BCUT2D eigenvalue weighted by Crippen LogP contribution is -2.45. The summed E-state index contributed by atoms with van der Waals surface area (Å²) in [4.78, 5) is 2.58. The average molecular weight is 383 g/mol. The van der Waals surface area contributed by atoms with Crippen LogP contribution in [0.3, 0.4) is 0 Å². The van der Waals surface area contributed by atoms with Gasteiger partial charge in [-0.2, -0.15) is 0 Å². The molecular formula is C20H28Cl2N2O. The molecule has 5 heteroatoms. The van der Waals surface area contributed by atoms with Gasteiger partial charge in [0.15, 0.2) is 0 Å². The van der Waals surface area contributed by atoms with Crippen LogP contribution in [-0.2, 0) is 6.61 Å². The summed E-state index contributed by atoms with van der Waals surface area (Å²) in [7, 11) is 0. The molecule has 3 rings (SSSR count). The Morgan fingerprint density at radius 2 is 1.60 bits per heavy atom. The summed E-state index contributed by atoms with van der Waals surface area (Å²) in [6.45, 7) is 7.33. The van der Waals surface area contributed by atoms with Crippen molar-refractivity contribution in [3.05, 3.63) is 65.7 Å². The molecular weight excluding hydrogens is 355 g/mol. The summed E-state index contributed by atoms with van der Waals surface area (Å²) in [5, 5.41) is 3.42. The van der Waals surface area contributed by atoms with Crippen molar-refractivity contribution < 1.29 is 4.74 Å². The summed E-state index contributed by atoms with van der Waals surface area (Å²) in [6, 6.07) is 19.4. The zero-order valence-electron chi connectivity index (χ0n) is 14.7. The van der Waals surface area contributed by atoms with Crippen molar-refractivity contribution in [2.75, 3.05) is 26.2 Å². The van der Waals surface area contributed by atoms with Gasteiger partial charge in [-0.05, 0) is 29.7 Å². The van der Waals surface area contributed by atoms with E-state index < -0.39 is 0 Å². The number of halogens is 2. The minimum absolute atomic E-state index is 0. The molecule has 3 nitrogen and oxygen atoms in total. The molecule has 1 N–H and O–H groups in total. The van der Waals surface area contributed by atoms with Gasteiger partial charge >= 0.3 is 0 Å². The minimum Gasteiger partial charge on any atom is -0.489 e. The molecule has 0 aromatic heterocycles. The third-order valence-corrected chi connectivity index (χ3v) is 4.49. The van der Waals surface area contributed by atoms with E-state index in [1.807, 2.05) is 18.2 Å². The number of hydrogen-bond donors (Lipinski definition) is 1. The highest BCUT2D eigenvalue weighted by Gasteiger charge is 2.20. The summed E-state index contributed by atoms with van der Waals surface area (Å²) < 4.78 is 5.88. The Bertz CT molecular complexity index is 586. The van der Waals surface area contributed by atoms with Gasteiger partial charge in [0.05, 0.1) is 0 Å². The highest BCUT2D eigenvalue weighted by atomic mass is 35.5. The van der Waals surface area contributed by atoms with Crippen molar-refractivity contribution in [1.29, 1.82) is 0 Å². The molecule has 1 heterocycles. The minimum atomic E-state index is 0.